The summed E-state index contributed by atoms with van der Waals surface area (Å²) >= 11 is 0. The topological polar surface area (TPSA) is 54.1 Å². The second kappa shape index (κ2) is 7.47. The van der Waals surface area contributed by atoms with E-state index in [0.717, 1.165) is 24.8 Å². The number of aryl methyl sites for hydroxylation is 1. The van der Waals surface area contributed by atoms with Crippen molar-refractivity contribution in [2.75, 3.05) is 11.9 Å². The molecular weight excluding hydrogens is 336 g/mol. The summed E-state index contributed by atoms with van der Waals surface area (Å²) in [4.78, 5) is 16.4. The number of nitrogens with one attached hydrogen (secondary N) is 2. The lowest BCUT2D eigenvalue weighted by atomic mass is 9.87. The number of hydrogen-bond acceptors (Lipinski definition) is 2. The van der Waals surface area contributed by atoms with Gasteiger partial charge in [-0.2, -0.15) is 0 Å². The van der Waals surface area contributed by atoms with E-state index in [0.29, 0.717) is 29.5 Å². The zero-order valence-corrected chi connectivity index (χ0v) is 16.0. The number of anilines is 1. The van der Waals surface area contributed by atoms with E-state index in [1.165, 1.54) is 23.1 Å². The highest BCUT2D eigenvalue weighted by Crippen LogP contribution is 2.32. The minimum atomic E-state index is -0.108. The van der Waals surface area contributed by atoms with Crippen LogP contribution in [0.5, 0.6) is 5.75 Å². The fraction of sp³-hybridized carbons (Fsp3) is 0.348. The first kappa shape index (κ1) is 17.7. The van der Waals surface area contributed by atoms with Crippen LogP contribution in [0.4, 0.5) is 5.69 Å². The Labute approximate surface area is 159 Å². The molecule has 3 aromatic rings. The molecule has 4 nitrogen and oxygen atoms in total. The molecule has 1 heterocycles. The van der Waals surface area contributed by atoms with Crippen LogP contribution in [0, 0.1) is 5.92 Å². The largest absolute Gasteiger partial charge is 0.491 e. The van der Waals surface area contributed by atoms with E-state index in [2.05, 4.69) is 24.1 Å². The predicted molar refractivity (Wildman–Crippen MR) is 110 cm³/mol. The summed E-state index contributed by atoms with van der Waals surface area (Å²) in [6, 6.07) is 13.5. The number of fused-ring (bicyclic) bond motifs is 3. The summed E-state index contributed by atoms with van der Waals surface area (Å²) in [7, 11) is 0. The number of benzene rings is 2. The average molecular weight is 362 g/mol. The van der Waals surface area contributed by atoms with Gasteiger partial charge in [0.1, 0.15) is 5.75 Å². The molecule has 0 bridgehead atoms. The van der Waals surface area contributed by atoms with Gasteiger partial charge in [0, 0.05) is 22.2 Å². The van der Waals surface area contributed by atoms with Gasteiger partial charge in [-0.1, -0.05) is 26.0 Å². The summed E-state index contributed by atoms with van der Waals surface area (Å²) in [5.41, 5.74) is 5.22. The molecule has 1 aromatic heterocycles. The minimum absolute atomic E-state index is 0.108. The van der Waals surface area contributed by atoms with Gasteiger partial charge < -0.3 is 15.0 Å². The third-order valence-corrected chi connectivity index (χ3v) is 5.29. The van der Waals surface area contributed by atoms with Crippen molar-refractivity contribution in [2.45, 2.75) is 39.5 Å². The van der Waals surface area contributed by atoms with E-state index in [4.69, 9.17) is 4.74 Å². The van der Waals surface area contributed by atoms with Crippen molar-refractivity contribution in [1.82, 2.24) is 4.98 Å². The van der Waals surface area contributed by atoms with Gasteiger partial charge in [-0.15, -0.1) is 0 Å². The molecule has 4 heteroatoms. The lowest BCUT2D eigenvalue weighted by Gasteiger charge is -2.18. The van der Waals surface area contributed by atoms with E-state index in [1.807, 2.05) is 42.5 Å². The number of carbonyl (C=O) groups is 1. The van der Waals surface area contributed by atoms with Crippen LogP contribution in [0.2, 0.25) is 0 Å². The number of rotatable bonds is 5. The van der Waals surface area contributed by atoms with E-state index >= 15 is 0 Å². The van der Waals surface area contributed by atoms with Crippen LogP contribution in [0.15, 0.2) is 42.5 Å². The Hall–Kier alpha value is -2.75. The van der Waals surface area contributed by atoms with Gasteiger partial charge in [-0.05, 0) is 67.5 Å². The Bertz CT molecular complexity index is 974. The van der Waals surface area contributed by atoms with Gasteiger partial charge in [-0.3, -0.25) is 4.79 Å². The molecular formula is C23H26N2O2. The van der Waals surface area contributed by atoms with Crippen molar-refractivity contribution < 1.29 is 9.53 Å². The molecule has 2 N–H and O–H groups in total. The van der Waals surface area contributed by atoms with Crippen LogP contribution >= 0.6 is 0 Å². The minimum Gasteiger partial charge on any atom is -0.491 e. The maximum Gasteiger partial charge on any atom is 0.255 e. The molecule has 1 unspecified atom stereocenters. The van der Waals surface area contributed by atoms with Crippen molar-refractivity contribution in [3.63, 3.8) is 0 Å². The molecule has 1 aliphatic carbocycles. The van der Waals surface area contributed by atoms with Crippen LogP contribution < -0.4 is 10.1 Å². The van der Waals surface area contributed by atoms with Gasteiger partial charge in [0.15, 0.2) is 0 Å². The van der Waals surface area contributed by atoms with E-state index < -0.39 is 0 Å². The number of amides is 1. The van der Waals surface area contributed by atoms with Crippen LogP contribution in [0.3, 0.4) is 0 Å². The highest BCUT2D eigenvalue weighted by atomic mass is 16.5. The first-order valence-corrected chi connectivity index (χ1v) is 9.82. The first-order valence-electron chi connectivity index (χ1n) is 9.82. The molecule has 140 valence electrons. The van der Waals surface area contributed by atoms with Crippen molar-refractivity contribution in [3.8, 4) is 5.75 Å². The standard InChI is InChI=1S/C23H26N2O2/c1-3-12-27-22-7-5-4-6-21(22)25-23(26)16-9-11-20-18(14-16)17-13-15(2)8-10-19(17)24-20/h4-7,9,11,14-15,24H,3,8,10,12-13H2,1-2H3,(H,25,26). The zero-order valence-electron chi connectivity index (χ0n) is 16.0. The summed E-state index contributed by atoms with van der Waals surface area (Å²) < 4.78 is 5.75. The first-order chi connectivity index (χ1) is 13.2. The van der Waals surface area contributed by atoms with Crippen LogP contribution in [-0.4, -0.2) is 17.5 Å². The summed E-state index contributed by atoms with van der Waals surface area (Å²) in [5, 5.41) is 4.19. The van der Waals surface area contributed by atoms with Crippen molar-refractivity contribution in [1.29, 1.82) is 0 Å². The summed E-state index contributed by atoms with van der Waals surface area (Å²) in [6.45, 7) is 4.99. The SMILES string of the molecule is CCCOc1ccccc1NC(=O)c1ccc2[nH]c3c(c2c1)CC(C)CC3. The molecule has 1 amide bonds. The van der Waals surface area contributed by atoms with Gasteiger partial charge in [-0.25, -0.2) is 0 Å². The van der Waals surface area contributed by atoms with Gasteiger partial charge >= 0.3 is 0 Å². The number of aromatic nitrogens is 1. The number of aromatic amines is 1. The molecule has 0 saturated carbocycles. The second-order valence-corrected chi connectivity index (χ2v) is 7.49. The molecule has 1 atom stereocenters. The molecule has 4 rings (SSSR count). The highest BCUT2D eigenvalue weighted by Gasteiger charge is 2.20. The Morgan fingerprint density at radius 3 is 2.96 bits per heavy atom. The lowest BCUT2D eigenvalue weighted by Crippen LogP contribution is -2.13. The summed E-state index contributed by atoms with van der Waals surface area (Å²) in [6.07, 6.45) is 4.32. The normalized spacial score (nSPS) is 16.1. The molecule has 0 saturated heterocycles. The maximum absolute atomic E-state index is 12.9. The second-order valence-electron chi connectivity index (χ2n) is 7.49. The van der Waals surface area contributed by atoms with Crippen LogP contribution in [0.25, 0.3) is 10.9 Å². The molecule has 0 aliphatic heterocycles. The number of carbonyl (C=O) groups excluding carboxylic acids is 1. The van der Waals surface area contributed by atoms with Crippen LogP contribution in [-0.2, 0) is 12.8 Å². The Kier molecular flexibility index (Phi) is 4.88. The van der Waals surface area contributed by atoms with Gasteiger partial charge in [0.2, 0.25) is 0 Å². The van der Waals surface area contributed by atoms with E-state index in [9.17, 15) is 4.79 Å². The Balaban J connectivity index is 1.61. The van der Waals surface area contributed by atoms with Gasteiger partial charge in [0.25, 0.3) is 5.91 Å². The van der Waals surface area contributed by atoms with Crippen molar-refractivity contribution in [2.24, 2.45) is 5.92 Å². The molecule has 27 heavy (non-hydrogen) atoms. The smallest absolute Gasteiger partial charge is 0.255 e. The Morgan fingerprint density at radius 2 is 2.11 bits per heavy atom. The fourth-order valence-electron chi connectivity index (χ4n) is 3.83. The molecule has 0 radical (unpaired) electrons. The number of para-hydroxylation sites is 2. The third kappa shape index (κ3) is 3.57. The maximum atomic E-state index is 12.9. The quantitative estimate of drug-likeness (QED) is 0.644. The predicted octanol–water partition coefficient (Wildman–Crippen LogP) is 5.33. The van der Waals surface area contributed by atoms with Crippen molar-refractivity contribution >= 4 is 22.5 Å². The number of hydrogen-bond donors (Lipinski definition) is 2. The van der Waals surface area contributed by atoms with E-state index in [1.54, 1.807) is 0 Å². The highest BCUT2D eigenvalue weighted by molar-refractivity contribution is 6.07. The average Bonchev–Trinajstić information content (AvgIpc) is 3.04. The summed E-state index contributed by atoms with van der Waals surface area (Å²) in [5.74, 6) is 1.29. The van der Waals surface area contributed by atoms with Gasteiger partial charge in [0.05, 0.1) is 12.3 Å². The Morgan fingerprint density at radius 1 is 1.26 bits per heavy atom. The molecule has 2 aromatic carbocycles. The van der Waals surface area contributed by atoms with E-state index in [-0.39, 0.29) is 5.91 Å². The molecule has 0 spiro atoms. The zero-order chi connectivity index (χ0) is 18.8. The number of ether oxygens (including phenoxy) is 1. The molecule has 0 fully saturated rings. The number of H-pyrrole nitrogens is 1. The van der Waals surface area contributed by atoms with Crippen molar-refractivity contribution in [3.05, 3.63) is 59.3 Å². The monoisotopic (exact) mass is 362 g/mol. The third-order valence-electron chi connectivity index (χ3n) is 5.29. The van der Waals surface area contributed by atoms with Crippen LogP contribution in [0.1, 0.15) is 48.3 Å². The molecule has 1 aliphatic rings. The fourth-order valence-corrected chi connectivity index (χ4v) is 3.83. The lowest BCUT2D eigenvalue weighted by molar-refractivity contribution is 0.102.